The molecule has 222 valence electrons. The van der Waals surface area contributed by atoms with Crippen LogP contribution in [0.3, 0.4) is 0 Å². The Balaban J connectivity index is 1.28. The van der Waals surface area contributed by atoms with Gasteiger partial charge in [-0.05, 0) is 94.2 Å². The molecule has 2 N–H and O–H groups in total. The number of rotatable bonds is 8. The van der Waals surface area contributed by atoms with Crippen LogP contribution in [0.25, 0.3) is 0 Å². The van der Waals surface area contributed by atoms with Crippen LogP contribution in [-0.4, -0.2) is 67.9 Å². The predicted molar refractivity (Wildman–Crippen MR) is 172 cm³/mol. The fraction of sp³-hybridized carbons (Fsp3) is 0.412. The van der Waals surface area contributed by atoms with Crippen molar-refractivity contribution < 1.29 is 9.59 Å². The molecular weight excluding hydrogens is 567 g/mol. The second-order valence-electron chi connectivity index (χ2n) is 12.0. The molecule has 5 rings (SSSR count). The molecule has 1 atom stereocenters. The van der Waals surface area contributed by atoms with E-state index in [9.17, 15) is 9.59 Å². The van der Waals surface area contributed by atoms with Crippen molar-refractivity contribution in [2.45, 2.75) is 44.4 Å². The van der Waals surface area contributed by atoms with E-state index in [-0.39, 0.29) is 29.7 Å². The number of likely N-dealkylation sites (tertiary alicyclic amines) is 1. The lowest BCUT2D eigenvalue weighted by Gasteiger charge is -2.40. The molecule has 1 spiro atoms. The second kappa shape index (κ2) is 12.8. The van der Waals surface area contributed by atoms with Gasteiger partial charge in [0.2, 0.25) is 5.91 Å². The quantitative estimate of drug-likeness (QED) is 0.332. The van der Waals surface area contributed by atoms with Gasteiger partial charge in [0, 0.05) is 42.7 Å². The Morgan fingerprint density at radius 1 is 0.976 bits per heavy atom. The average Bonchev–Trinajstić information content (AvgIpc) is 3.30. The molecule has 0 aromatic heterocycles. The van der Waals surface area contributed by atoms with Crippen molar-refractivity contribution >= 4 is 40.7 Å². The molecule has 42 heavy (non-hydrogen) atoms. The van der Waals surface area contributed by atoms with Crippen LogP contribution in [0.4, 0.5) is 5.69 Å². The number of amides is 2. The van der Waals surface area contributed by atoms with Crippen molar-refractivity contribution in [2.24, 2.45) is 5.73 Å². The van der Waals surface area contributed by atoms with Crippen molar-refractivity contribution in [3.8, 4) is 0 Å². The van der Waals surface area contributed by atoms with E-state index in [4.69, 9.17) is 28.9 Å². The summed E-state index contributed by atoms with van der Waals surface area (Å²) in [6, 6.07) is 20.1. The summed E-state index contributed by atoms with van der Waals surface area (Å²) < 4.78 is 0. The van der Waals surface area contributed by atoms with Crippen LogP contribution in [0.5, 0.6) is 0 Å². The molecule has 3 aromatic carbocycles. The van der Waals surface area contributed by atoms with Gasteiger partial charge < -0.3 is 20.4 Å². The molecule has 2 aliphatic heterocycles. The number of halogens is 2. The maximum absolute atomic E-state index is 13.4. The summed E-state index contributed by atoms with van der Waals surface area (Å²) >= 11 is 12.7. The highest BCUT2D eigenvalue weighted by molar-refractivity contribution is 6.42. The number of carbonyl (C=O) groups excluding carboxylic acids is 2. The Kier molecular flexibility index (Phi) is 9.28. The van der Waals surface area contributed by atoms with Gasteiger partial charge in [-0.3, -0.25) is 9.59 Å². The van der Waals surface area contributed by atoms with E-state index >= 15 is 0 Å². The molecule has 2 heterocycles. The van der Waals surface area contributed by atoms with E-state index in [0.29, 0.717) is 28.7 Å². The number of piperidine rings is 1. The van der Waals surface area contributed by atoms with Crippen molar-refractivity contribution in [1.82, 2.24) is 9.80 Å². The minimum Gasteiger partial charge on any atom is -0.341 e. The summed E-state index contributed by atoms with van der Waals surface area (Å²) in [5.41, 5.74) is 11.9. The van der Waals surface area contributed by atoms with Crippen LogP contribution in [0.1, 0.15) is 57.8 Å². The monoisotopic (exact) mass is 606 g/mol. The van der Waals surface area contributed by atoms with Crippen LogP contribution in [0.2, 0.25) is 10.0 Å². The van der Waals surface area contributed by atoms with Gasteiger partial charge in [0.25, 0.3) is 5.91 Å². The zero-order valence-corrected chi connectivity index (χ0v) is 26.2. The van der Waals surface area contributed by atoms with Gasteiger partial charge in [0.1, 0.15) is 0 Å². The van der Waals surface area contributed by atoms with Crippen LogP contribution in [-0.2, 0) is 10.2 Å². The largest absolute Gasteiger partial charge is 0.341 e. The van der Waals surface area contributed by atoms with Crippen molar-refractivity contribution in [3.05, 3.63) is 98.5 Å². The number of anilines is 1. The molecule has 0 bridgehead atoms. The standard InChI is InChI=1S/C34H40Cl2N4O2/c1-23-16-24(2)18-27(17-23)33(42)38(3)21-26(25-8-9-29(35)30(36)19-25)10-13-39-14-11-34(12-15-39)22-40(32(41)20-37)31-7-5-4-6-28(31)34/h4-9,16-19,26H,10-15,20-22,37H2,1-3H3. The third-order valence-corrected chi connectivity index (χ3v) is 9.77. The number of hydrogen-bond acceptors (Lipinski definition) is 4. The highest BCUT2D eigenvalue weighted by atomic mass is 35.5. The van der Waals surface area contributed by atoms with Gasteiger partial charge in [0.15, 0.2) is 0 Å². The maximum atomic E-state index is 13.4. The van der Waals surface area contributed by atoms with Gasteiger partial charge in [-0.2, -0.15) is 0 Å². The molecule has 0 aliphatic carbocycles. The van der Waals surface area contributed by atoms with Crippen molar-refractivity contribution in [3.63, 3.8) is 0 Å². The molecule has 1 unspecified atom stereocenters. The molecule has 2 aliphatic rings. The number of para-hydroxylation sites is 1. The van der Waals surface area contributed by atoms with Crippen LogP contribution in [0.15, 0.2) is 60.7 Å². The molecular formula is C34H40Cl2N4O2. The number of hydrogen-bond donors (Lipinski definition) is 1. The van der Waals surface area contributed by atoms with E-state index in [2.05, 4.69) is 23.1 Å². The Labute approximate surface area is 259 Å². The molecule has 2 amide bonds. The lowest BCUT2D eigenvalue weighted by atomic mass is 9.74. The van der Waals surface area contributed by atoms with E-state index in [1.165, 1.54) is 5.56 Å². The molecule has 0 saturated carbocycles. The summed E-state index contributed by atoms with van der Waals surface area (Å²) in [4.78, 5) is 32.3. The van der Waals surface area contributed by atoms with Crippen molar-refractivity contribution in [2.75, 3.05) is 51.2 Å². The molecule has 1 saturated heterocycles. The molecule has 8 heteroatoms. The van der Waals surface area contributed by atoms with E-state index < -0.39 is 0 Å². The number of nitrogens with zero attached hydrogens (tertiary/aromatic N) is 3. The Morgan fingerprint density at radius 3 is 2.33 bits per heavy atom. The van der Waals surface area contributed by atoms with Crippen molar-refractivity contribution in [1.29, 1.82) is 0 Å². The summed E-state index contributed by atoms with van der Waals surface area (Å²) in [6.07, 6.45) is 2.85. The zero-order chi connectivity index (χ0) is 30.0. The number of aryl methyl sites for hydroxylation is 2. The van der Waals surface area contributed by atoms with E-state index in [0.717, 1.165) is 61.3 Å². The Morgan fingerprint density at radius 2 is 1.67 bits per heavy atom. The van der Waals surface area contributed by atoms with Gasteiger partial charge in [-0.25, -0.2) is 0 Å². The summed E-state index contributed by atoms with van der Waals surface area (Å²) in [5.74, 6) is 0.0920. The minimum absolute atomic E-state index is 0.0169. The molecule has 0 radical (unpaired) electrons. The molecule has 6 nitrogen and oxygen atoms in total. The normalized spacial score (nSPS) is 16.9. The predicted octanol–water partition coefficient (Wildman–Crippen LogP) is 6.20. The zero-order valence-electron chi connectivity index (χ0n) is 24.7. The fourth-order valence-electron chi connectivity index (χ4n) is 6.80. The molecule has 3 aromatic rings. The topological polar surface area (TPSA) is 69.9 Å². The second-order valence-corrected chi connectivity index (χ2v) is 12.9. The highest BCUT2D eigenvalue weighted by Gasteiger charge is 2.45. The Bertz CT molecular complexity index is 1450. The lowest BCUT2D eigenvalue weighted by molar-refractivity contribution is -0.117. The van der Waals surface area contributed by atoms with Crippen LogP contribution >= 0.6 is 23.2 Å². The first kappa shape index (κ1) is 30.6. The number of fused-ring (bicyclic) bond motifs is 2. The van der Waals surface area contributed by atoms with Gasteiger partial charge in [-0.15, -0.1) is 0 Å². The van der Waals surface area contributed by atoms with E-state index in [1.54, 1.807) is 0 Å². The van der Waals surface area contributed by atoms with E-state index in [1.807, 2.05) is 73.2 Å². The van der Waals surface area contributed by atoms with Crippen LogP contribution < -0.4 is 10.6 Å². The average molecular weight is 608 g/mol. The number of nitrogens with two attached hydrogens (primary N) is 1. The number of carbonyl (C=O) groups is 2. The third kappa shape index (κ3) is 6.37. The van der Waals surface area contributed by atoms with Gasteiger partial charge in [0.05, 0.1) is 16.6 Å². The summed E-state index contributed by atoms with van der Waals surface area (Å²) in [7, 11) is 1.88. The smallest absolute Gasteiger partial charge is 0.253 e. The first-order valence-corrected chi connectivity index (χ1v) is 15.5. The number of benzene rings is 3. The summed E-state index contributed by atoms with van der Waals surface area (Å²) in [5, 5.41) is 1.05. The third-order valence-electron chi connectivity index (χ3n) is 9.03. The van der Waals surface area contributed by atoms with Gasteiger partial charge in [-0.1, -0.05) is 64.7 Å². The SMILES string of the molecule is Cc1cc(C)cc(C(=O)N(C)CC(CCN2CCC3(CC2)CN(C(=O)CN)c2ccccc23)c2ccc(Cl)c(Cl)c2)c1. The first-order chi connectivity index (χ1) is 20.1. The Hall–Kier alpha value is -2.90. The lowest BCUT2D eigenvalue weighted by Crippen LogP contribution is -2.47. The highest BCUT2D eigenvalue weighted by Crippen LogP contribution is 2.47. The van der Waals surface area contributed by atoms with Gasteiger partial charge >= 0.3 is 0 Å². The first-order valence-electron chi connectivity index (χ1n) is 14.7. The fourth-order valence-corrected chi connectivity index (χ4v) is 7.10. The molecule has 1 fully saturated rings. The summed E-state index contributed by atoms with van der Waals surface area (Å²) in [6.45, 7) is 8.13. The maximum Gasteiger partial charge on any atom is 0.253 e. The minimum atomic E-state index is -0.0282. The van der Waals surface area contributed by atoms with Crippen LogP contribution in [0, 0.1) is 13.8 Å². The number of likely N-dealkylation sites (N-methyl/N-ethyl adjacent to an activating group) is 1.